The molecule has 3 N–H and O–H groups in total. The van der Waals surface area contributed by atoms with Crippen molar-refractivity contribution in [1.29, 1.82) is 0 Å². The summed E-state index contributed by atoms with van der Waals surface area (Å²) >= 11 is 1.85. The van der Waals surface area contributed by atoms with Crippen LogP contribution in [-0.4, -0.2) is 22.9 Å². The number of hydrogen-bond acceptors (Lipinski definition) is 4. The molecule has 0 spiro atoms. The fraction of sp³-hybridized carbons (Fsp3) is 0.615. The monoisotopic (exact) mass is 264 g/mol. The molecule has 18 heavy (non-hydrogen) atoms. The van der Waals surface area contributed by atoms with Crippen molar-refractivity contribution in [1.82, 2.24) is 15.1 Å². The lowest BCUT2D eigenvalue weighted by atomic mass is 9.90. The molecule has 1 saturated heterocycles. The van der Waals surface area contributed by atoms with Crippen LogP contribution >= 0.6 is 11.3 Å². The van der Waals surface area contributed by atoms with E-state index >= 15 is 0 Å². The normalized spacial score (nSPS) is 24.8. The second-order valence-corrected chi connectivity index (χ2v) is 6.21. The summed E-state index contributed by atoms with van der Waals surface area (Å²) in [5.41, 5.74) is 7.03. The van der Waals surface area contributed by atoms with Crippen LogP contribution in [0.4, 0.5) is 0 Å². The zero-order valence-electron chi connectivity index (χ0n) is 10.9. The van der Waals surface area contributed by atoms with Crippen LogP contribution in [0.3, 0.4) is 0 Å². The number of hydrogen-bond donors (Lipinski definition) is 2. The van der Waals surface area contributed by atoms with Gasteiger partial charge in [0.15, 0.2) is 0 Å². The van der Waals surface area contributed by atoms with Crippen LogP contribution in [0.1, 0.15) is 29.5 Å². The summed E-state index contributed by atoms with van der Waals surface area (Å²) in [5.74, 6) is 0.570. The van der Waals surface area contributed by atoms with Gasteiger partial charge in [0.25, 0.3) is 0 Å². The van der Waals surface area contributed by atoms with Gasteiger partial charge in [0.2, 0.25) is 0 Å². The van der Waals surface area contributed by atoms with E-state index in [2.05, 4.69) is 23.4 Å². The highest BCUT2D eigenvalue weighted by Crippen LogP contribution is 2.36. The highest BCUT2D eigenvalue weighted by atomic mass is 32.1. The van der Waals surface area contributed by atoms with Crippen molar-refractivity contribution in [2.75, 3.05) is 13.1 Å². The molecule has 0 bridgehead atoms. The van der Waals surface area contributed by atoms with E-state index in [-0.39, 0.29) is 0 Å². The maximum atomic E-state index is 5.91. The maximum Gasteiger partial charge on any atom is 0.121 e. The average Bonchev–Trinajstić information content (AvgIpc) is 2.92. The molecule has 4 nitrogen and oxygen atoms in total. The molecule has 5 heteroatoms. The minimum atomic E-state index is 0.431. The number of fused-ring (bicyclic) bond motifs is 1. The van der Waals surface area contributed by atoms with Crippen LogP contribution in [0.15, 0.2) is 6.07 Å². The van der Waals surface area contributed by atoms with Crippen LogP contribution < -0.4 is 11.1 Å². The van der Waals surface area contributed by atoms with Gasteiger partial charge in [-0.05, 0) is 44.8 Å². The van der Waals surface area contributed by atoms with Gasteiger partial charge in [-0.1, -0.05) is 0 Å². The predicted octanol–water partition coefficient (Wildman–Crippen LogP) is 1.94. The smallest absolute Gasteiger partial charge is 0.121 e. The first-order valence-electron chi connectivity index (χ1n) is 6.57. The molecule has 2 aromatic rings. The van der Waals surface area contributed by atoms with Crippen LogP contribution in [0.5, 0.6) is 0 Å². The van der Waals surface area contributed by atoms with E-state index in [0.717, 1.165) is 18.8 Å². The molecule has 0 aromatic carbocycles. The minimum absolute atomic E-state index is 0.431. The van der Waals surface area contributed by atoms with E-state index in [0.29, 0.717) is 12.0 Å². The summed E-state index contributed by atoms with van der Waals surface area (Å²) in [6.07, 6.45) is 2.48. The van der Waals surface area contributed by atoms with E-state index in [1.165, 1.54) is 27.9 Å². The molecule has 3 heterocycles. The van der Waals surface area contributed by atoms with Gasteiger partial charge in [-0.25, -0.2) is 0 Å². The summed E-state index contributed by atoms with van der Waals surface area (Å²) in [4.78, 5) is 2.68. The van der Waals surface area contributed by atoms with Crippen LogP contribution in [0, 0.1) is 12.8 Å². The number of aryl methyl sites for hydroxylation is 2. The molecular formula is C13H20N4S. The molecule has 2 aromatic heterocycles. The topological polar surface area (TPSA) is 55.9 Å². The summed E-state index contributed by atoms with van der Waals surface area (Å²) in [6, 6.07) is 2.73. The van der Waals surface area contributed by atoms with Gasteiger partial charge in [0.05, 0.1) is 5.69 Å². The Morgan fingerprint density at radius 2 is 2.44 bits per heavy atom. The van der Waals surface area contributed by atoms with Gasteiger partial charge in [-0.2, -0.15) is 5.10 Å². The third-order valence-electron chi connectivity index (χ3n) is 3.91. The van der Waals surface area contributed by atoms with Crippen molar-refractivity contribution in [3.05, 3.63) is 16.6 Å². The molecule has 0 saturated carbocycles. The van der Waals surface area contributed by atoms with Gasteiger partial charge in [0, 0.05) is 23.4 Å². The number of rotatable bonds is 2. The van der Waals surface area contributed by atoms with Crippen molar-refractivity contribution in [2.45, 2.75) is 25.8 Å². The van der Waals surface area contributed by atoms with Crippen molar-refractivity contribution in [3.63, 3.8) is 0 Å². The van der Waals surface area contributed by atoms with E-state index < -0.39 is 0 Å². The Morgan fingerprint density at radius 3 is 3.17 bits per heavy atom. The summed E-state index contributed by atoms with van der Waals surface area (Å²) in [7, 11) is 2.02. The fourth-order valence-electron chi connectivity index (χ4n) is 2.92. The molecule has 1 fully saturated rings. The van der Waals surface area contributed by atoms with Gasteiger partial charge in [0.1, 0.15) is 4.83 Å². The van der Waals surface area contributed by atoms with E-state index in [4.69, 9.17) is 5.73 Å². The predicted molar refractivity (Wildman–Crippen MR) is 75.9 cm³/mol. The Morgan fingerprint density at radius 1 is 1.61 bits per heavy atom. The Kier molecular flexibility index (Phi) is 3.13. The second kappa shape index (κ2) is 4.64. The van der Waals surface area contributed by atoms with Gasteiger partial charge in [-0.3, -0.25) is 4.68 Å². The van der Waals surface area contributed by atoms with Crippen molar-refractivity contribution < 1.29 is 0 Å². The Hall–Kier alpha value is -0.910. The second-order valence-electron chi connectivity index (χ2n) is 5.15. The van der Waals surface area contributed by atoms with Crippen molar-refractivity contribution in [3.8, 4) is 0 Å². The molecule has 0 aliphatic carbocycles. The number of aromatic nitrogens is 2. The standard InChI is InChI=1S/C13H20N4S/c1-8-10-6-11(18-13(10)17(2)16-8)12-9(7-14)4-3-5-15-12/h6,9,12,15H,3-5,7,14H2,1-2H3. The lowest BCUT2D eigenvalue weighted by molar-refractivity contribution is 0.295. The Balaban J connectivity index is 2.00. The summed E-state index contributed by atoms with van der Waals surface area (Å²) < 4.78 is 1.99. The summed E-state index contributed by atoms with van der Waals surface area (Å²) in [6.45, 7) is 3.95. The van der Waals surface area contributed by atoms with Gasteiger partial charge < -0.3 is 11.1 Å². The molecule has 1 aliphatic rings. The number of nitrogens with two attached hydrogens (primary N) is 1. The van der Waals surface area contributed by atoms with Crippen LogP contribution in [0.25, 0.3) is 10.2 Å². The van der Waals surface area contributed by atoms with Crippen LogP contribution in [-0.2, 0) is 7.05 Å². The lowest BCUT2D eigenvalue weighted by Gasteiger charge is -2.31. The first kappa shape index (κ1) is 12.1. The van der Waals surface area contributed by atoms with E-state index in [1.807, 2.05) is 23.1 Å². The highest BCUT2D eigenvalue weighted by Gasteiger charge is 2.27. The molecule has 2 unspecified atom stereocenters. The van der Waals surface area contributed by atoms with Gasteiger partial charge >= 0.3 is 0 Å². The number of piperidine rings is 1. The molecule has 3 rings (SSSR count). The van der Waals surface area contributed by atoms with Crippen molar-refractivity contribution in [2.24, 2.45) is 18.7 Å². The van der Waals surface area contributed by atoms with E-state index in [1.54, 1.807) is 0 Å². The van der Waals surface area contributed by atoms with E-state index in [9.17, 15) is 0 Å². The zero-order valence-corrected chi connectivity index (χ0v) is 11.8. The van der Waals surface area contributed by atoms with Crippen LogP contribution in [0.2, 0.25) is 0 Å². The molecule has 0 radical (unpaired) electrons. The molecular weight excluding hydrogens is 244 g/mol. The number of nitrogens with one attached hydrogen (secondary N) is 1. The molecule has 1 aliphatic heterocycles. The first-order chi connectivity index (χ1) is 8.70. The molecule has 2 atom stereocenters. The van der Waals surface area contributed by atoms with Gasteiger partial charge in [-0.15, -0.1) is 11.3 Å². The zero-order chi connectivity index (χ0) is 12.7. The highest BCUT2D eigenvalue weighted by molar-refractivity contribution is 7.18. The largest absolute Gasteiger partial charge is 0.330 e. The Labute approximate surface area is 111 Å². The minimum Gasteiger partial charge on any atom is -0.330 e. The average molecular weight is 264 g/mol. The molecule has 98 valence electrons. The Bertz CT molecular complexity index is 522. The lowest BCUT2D eigenvalue weighted by Crippen LogP contribution is -2.37. The fourth-order valence-corrected chi connectivity index (χ4v) is 4.21. The SMILES string of the molecule is Cc1nn(C)c2sc(C3NCCCC3CN)cc12. The summed E-state index contributed by atoms with van der Waals surface area (Å²) in [5, 5.41) is 9.38. The maximum absolute atomic E-state index is 5.91. The molecule has 0 amide bonds. The van der Waals surface area contributed by atoms with Crippen molar-refractivity contribution >= 4 is 21.6 Å². The first-order valence-corrected chi connectivity index (χ1v) is 7.39. The number of thiophene rings is 1. The quantitative estimate of drug-likeness (QED) is 0.871. The third kappa shape index (κ3) is 1.86. The number of nitrogens with zero attached hydrogens (tertiary/aromatic N) is 2. The third-order valence-corrected chi connectivity index (χ3v) is 5.20.